The average molecular weight is 975 g/mol. The van der Waals surface area contributed by atoms with E-state index in [0.717, 1.165) is 64.7 Å². The zero-order valence-electron chi connectivity index (χ0n) is 42.4. The van der Waals surface area contributed by atoms with E-state index in [0.29, 0.717) is 43.2 Å². The molecule has 17 nitrogen and oxygen atoms in total. The molecule has 9 rings (SSSR count). The molecule has 4 fully saturated rings. The minimum absolute atomic E-state index is 0.0112. The maximum Gasteiger partial charge on any atom is 0.324 e. The lowest BCUT2D eigenvalue weighted by Gasteiger charge is -2.37. The number of esters is 1. The van der Waals surface area contributed by atoms with Gasteiger partial charge < -0.3 is 39.0 Å². The number of rotatable bonds is 12. The van der Waals surface area contributed by atoms with E-state index in [4.69, 9.17) is 19.2 Å². The van der Waals surface area contributed by atoms with Gasteiger partial charge in [0.15, 0.2) is 0 Å². The number of fused-ring (bicyclic) bond motifs is 6. The van der Waals surface area contributed by atoms with Crippen LogP contribution in [0.4, 0.5) is 0 Å². The van der Waals surface area contributed by atoms with E-state index in [9.17, 15) is 29.1 Å². The molecule has 0 unspecified atom stereocenters. The van der Waals surface area contributed by atoms with Crippen LogP contribution in [0.15, 0.2) is 54.7 Å². The summed E-state index contributed by atoms with van der Waals surface area (Å²) in [5.41, 5.74) is 9.10. The molecule has 2 aliphatic carbocycles. The van der Waals surface area contributed by atoms with Crippen LogP contribution >= 0.6 is 0 Å². The van der Waals surface area contributed by atoms with Crippen LogP contribution in [0.2, 0.25) is 0 Å². The number of ether oxygens (including phenoxy) is 3. The van der Waals surface area contributed by atoms with Crippen LogP contribution in [-0.2, 0) is 58.1 Å². The Balaban J connectivity index is 1.06. The van der Waals surface area contributed by atoms with Crippen molar-refractivity contribution >= 4 is 40.5 Å². The Morgan fingerprint density at radius 3 is 2.49 bits per heavy atom. The number of hydrazine groups is 1. The molecule has 4 N–H and O–H groups in total. The lowest BCUT2D eigenvalue weighted by atomic mass is 9.84. The standard InChI is InChI=1S/C54H70N8O9/c1-31(69-7)44-37(15-11-21-55-44)47-39-28-53(2,3)30-71-52(68)40-16-12-22-62(58-40)50(66)41(25-32-23-35(26-36(63)24-32)34-17-18-42(60(47)5)38(39)27-34)56-49(65)46(33-13-9-10-14-33)61(6)43(64)29-59(4)51(67)45-48(57-45)54(70-8)19-20-54/h11,15,17-18,21,23-24,26-27,31,33,40-41,45-46,48,57-58,63H,9-10,12-14,16,19-20,22,25,28-30H2,1-8H3,(H,56,65)/t31-,40-,41-,45+,46-,48-/m0/s1. The highest BCUT2D eigenvalue weighted by Crippen LogP contribution is 2.48. The van der Waals surface area contributed by atoms with Crippen LogP contribution < -0.4 is 16.1 Å². The summed E-state index contributed by atoms with van der Waals surface area (Å²) in [6.07, 6.45) is 7.90. The molecule has 5 aliphatic rings. The zero-order valence-corrected chi connectivity index (χ0v) is 42.4. The summed E-state index contributed by atoms with van der Waals surface area (Å²) in [6, 6.07) is 11.9. The third kappa shape index (κ3) is 10.2. The number of aromatic nitrogens is 2. The van der Waals surface area contributed by atoms with Crippen molar-refractivity contribution in [2.45, 2.75) is 127 Å². The predicted octanol–water partition coefficient (Wildman–Crippen LogP) is 4.96. The summed E-state index contributed by atoms with van der Waals surface area (Å²) >= 11 is 0. The third-order valence-electron chi connectivity index (χ3n) is 15.7. The first-order valence-electron chi connectivity index (χ1n) is 25.2. The van der Waals surface area contributed by atoms with Crippen molar-refractivity contribution in [2.75, 3.05) is 48.0 Å². The van der Waals surface area contributed by atoms with Crippen molar-refractivity contribution in [3.05, 3.63) is 71.5 Å². The van der Waals surface area contributed by atoms with Crippen molar-refractivity contribution in [3.8, 4) is 28.1 Å². The summed E-state index contributed by atoms with van der Waals surface area (Å²) in [5.74, 6) is -2.25. The highest BCUT2D eigenvalue weighted by atomic mass is 16.5. The Morgan fingerprint density at radius 2 is 1.77 bits per heavy atom. The van der Waals surface area contributed by atoms with Crippen LogP contribution in [0.1, 0.15) is 95.1 Å². The second-order valence-electron chi connectivity index (χ2n) is 21.4. The molecule has 6 bridgehead atoms. The number of cyclic esters (lactones) is 1. The normalized spacial score (nSPS) is 23.9. The summed E-state index contributed by atoms with van der Waals surface area (Å²) in [4.78, 5) is 79.0. The van der Waals surface area contributed by atoms with Gasteiger partial charge in [0, 0.05) is 76.4 Å². The Kier molecular flexibility index (Phi) is 14.1. The van der Waals surface area contributed by atoms with E-state index in [1.54, 1.807) is 46.6 Å². The minimum atomic E-state index is -1.17. The number of pyridine rings is 1. The molecular weight excluding hydrogens is 905 g/mol. The van der Waals surface area contributed by atoms with Crippen LogP contribution in [-0.4, -0.2) is 143 Å². The maximum atomic E-state index is 14.9. The summed E-state index contributed by atoms with van der Waals surface area (Å²) < 4.78 is 19.8. The van der Waals surface area contributed by atoms with E-state index in [1.165, 1.54) is 14.8 Å². The number of phenols is 1. The topological polar surface area (TPSA) is 207 Å². The van der Waals surface area contributed by atoms with Crippen molar-refractivity contribution < 1.29 is 43.3 Å². The largest absolute Gasteiger partial charge is 0.508 e. The van der Waals surface area contributed by atoms with Gasteiger partial charge in [0.1, 0.15) is 29.9 Å². The van der Waals surface area contributed by atoms with Gasteiger partial charge in [0.2, 0.25) is 17.7 Å². The SMILES string of the molecule is CO[C@@H](C)c1ncccc1-c1c2c3cc(ccc3n1C)-c1cc(O)cc(c1)C[C@H](NC(=O)[C@H](C1CCCC1)N(C)C(=O)CN(C)C(=O)[C@@H]1N[C@@H]1C1(OC)CC1)C(=O)N1CCC[C@H](N1)C(=O)OCC(C)(C)C2. The number of hydrogen-bond donors (Lipinski definition) is 4. The number of carbonyl (C=O) groups excluding carboxylic acids is 5. The molecule has 2 aromatic carbocycles. The number of methoxy groups -OCH3 is 2. The van der Waals surface area contributed by atoms with E-state index in [1.807, 2.05) is 32.2 Å². The van der Waals surface area contributed by atoms with Crippen LogP contribution in [0.5, 0.6) is 5.75 Å². The molecule has 4 amide bonds. The van der Waals surface area contributed by atoms with Gasteiger partial charge in [-0.2, -0.15) is 0 Å². The molecule has 380 valence electrons. The number of amides is 4. The number of hydrogen-bond acceptors (Lipinski definition) is 12. The lowest BCUT2D eigenvalue weighted by molar-refractivity contribution is -0.155. The van der Waals surface area contributed by atoms with E-state index in [2.05, 4.69) is 52.7 Å². The maximum absolute atomic E-state index is 14.9. The Bertz CT molecular complexity index is 2710. The molecule has 2 saturated heterocycles. The van der Waals surface area contributed by atoms with Crippen molar-refractivity contribution in [1.29, 1.82) is 0 Å². The second-order valence-corrected chi connectivity index (χ2v) is 21.4. The lowest BCUT2D eigenvalue weighted by Crippen LogP contribution is -2.62. The highest BCUT2D eigenvalue weighted by Gasteiger charge is 2.63. The van der Waals surface area contributed by atoms with Gasteiger partial charge in [-0.3, -0.25) is 39.3 Å². The monoisotopic (exact) mass is 975 g/mol. The summed E-state index contributed by atoms with van der Waals surface area (Å²) in [5, 5.41) is 20.1. The average Bonchev–Trinajstić information content (AvgIpc) is 4.27. The van der Waals surface area contributed by atoms with Crippen molar-refractivity contribution in [1.82, 2.24) is 40.4 Å². The van der Waals surface area contributed by atoms with Gasteiger partial charge in [-0.15, -0.1) is 0 Å². The van der Waals surface area contributed by atoms with Crippen LogP contribution in [0.3, 0.4) is 0 Å². The molecule has 5 heterocycles. The van der Waals surface area contributed by atoms with Gasteiger partial charge in [0.05, 0.1) is 42.3 Å². The number of nitrogens with one attached hydrogen (secondary N) is 3. The first-order valence-corrected chi connectivity index (χ1v) is 25.2. The number of nitrogens with zero attached hydrogens (tertiary/aromatic N) is 5. The van der Waals surface area contributed by atoms with Gasteiger partial charge >= 0.3 is 5.97 Å². The van der Waals surface area contributed by atoms with Crippen molar-refractivity contribution in [3.63, 3.8) is 0 Å². The van der Waals surface area contributed by atoms with Crippen molar-refractivity contribution in [2.24, 2.45) is 18.4 Å². The first-order chi connectivity index (χ1) is 33.9. The molecule has 4 aromatic rings. The number of benzene rings is 2. The summed E-state index contributed by atoms with van der Waals surface area (Å²) in [6.45, 7) is 6.26. The number of aryl methyl sites for hydroxylation is 1. The first kappa shape index (κ1) is 50.1. The Morgan fingerprint density at radius 1 is 1.01 bits per heavy atom. The molecule has 0 radical (unpaired) electrons. The van der Waals surface area contributed by atoms with E-state index >= 15 is 0 Å². The quantitative estimate of drug-likeness (QED) is 0.110. The Hall–Kier alpha value is -5.88. The number of carbonyl (C=O) groups is 5. The fourth-order valence-electron chi connectivity index (χ4n) is 11.5. The van der Waals surface area contributed by atoms with Gasteiger partial charge in [-0.25, -0.2) is 5.43 Å². The van der Waals surface area contributed by atoms with E-state index < -0.39 is 53.3 Å². The second kappa shape index (κ2) is 20.0. The van der Waals surface area contributed by atoms with Gasteiger partial charge in [-0.1, -0.05) is 38.8 Å². The number of likely N-dealkylation sites (N-methyl/N-ethyl adjacent to an activating group) is 2. The molecule has 3 aliphatic heterocycles. The molecule has 6 atom stereocenters. The number of phenolic OH excluding ortho intramolecular Hbond substituents is 1. The molecule has 2 saturated carbocycles. The third-order valence-corrected chi connectivity index (χ3v) is 15.7. The zero-order chi connectivity index (χ0) is 50.5. The molecule has 0 spiro atoms. The van der Waals surface area contributed by atoms with Gasteiger partial charge in [-0.05, 0) is 116 Å². The highest BCUT2D eigenvalue weighted by molar-refractivity contribution is 5.96. The fourth-order valence-corrected chi connectivity index (χ4v) is 11.5. The number of aromatic hydroxyl groups is 1. The minimum Gasteiger partial charge on any atom is -0.508 e. The van der Waals surface area contributed by atoms with Gasteiger partial charge in [0.25, 0.3) is 5.91 Å². The van der Waals surface area contributed by atoms with Crippen LogP contribution in [0, 0.1) is 11.3 Å². The molecule has 2 aromatic heterocycles. The fraction of sp³-hybridized carbons (Fsp3) is 0.556. The molecular formula is C54H70N8O9. The summed E-state index contributed by atoms with van der Waals surface area (Å²) in [7, 11) is 8.55. The molecule has 71 heavy (non-hydrogen) atoms. The molecule has 17 heteroatoms. The predicted molar refractivity (Wildman–Crippen MR) is 266 cm³/mol. The Labute approximate surface area is 415 Å². The smallest absolute Gasteiger partial charge is 0.324 e. The van der Waals surface area contributed by atoms with Crippen LogP contribution in [0.25, 0.3) is 33.3 Å². The van der Waals surface area contributed by atoms with E-state index in [-0.39, 0.29) is 61.4 Å².